The summed E-state index contributed by atoms with van der Waals surface area (Å²) < 4.78 is 7.42. The van der Waals surface area contributed by atoms with Gasteiger partial charge in [-0.25, -0.2) is 4.98 Å². The van der Waals surface area contributed by atoms with Crippen molar-refractivity contribution in [2.45, 2.75) is 33.2 Å². The number of hydrogen-bond donors (Lipinski definition) is 3. The van der Waals surface area contributed by atoms with Crippen molar-refractivity contribution in [1.29, 1.82) is 0 Å². The Labute approximate surface area is 201 Å². The minimum Gasteiger partial charge on any atom is -0.504 e. The number of aliphatic imine (C=N–C) groups is 1. The van der Waals surface area contributed by atoms with E-state index in [0.717, 1.165) is 61.9 Å². The highest BCUT2D eigenvalue weighted by Gasteiger charge is 2.06. The van der Waals surface area contributed by atoms with Crippen molar-refractivity contribution in [1.82, 2.24) is 20.2 Å². The lowest BCUT2D eigenvalue weighted by Gasteiger charge is -2.12. The van der Waals surface area contributed by atoms with Crippen LogP contribution in [0.2, 0.25) is 0 Å². The van der Waals surface area contributed by atoms with E-state index in [1.165, 1.54) is 5.52 Å². The molecule has 31 heavy (non-hydrogen) atoms. The van der Waals surface area contributed by atoms with Gasteiger partial charge in [0.15, 0.2) is 17.5 Å². The van der Waals surface area contributed by atoms with Crippen LogP contribution in [0.4, 0.5) is 0 Å². The second kappa shape index (κ2) is 12.4. The molecule has 1 heterocycles. The number of phenolic OH excluding ortho intramolecular Hbond substituents is 1. The molecule has 3 N–H and O–H groups in total. The third kappa shape index (κ3) is 6.75. The summed E-state index contributed by atoms with van der Waals surface area (Å²) in [5.74, 6) is 2.51. The molecule has 0 saturated carbocycles. The van der Waals surface area contributed by atoms with Crippen LogP contribution in [0.5, 0.6) is 11.5 Å². The molecule has 8 heteroatoms. The number of nitrogens with zero attached hydrogens (tertiary/aromatic N) is 3. The van der Waals surface area contributed by atoms with E-state index >= 15 is 0 Å². The van der Waals surface area contributed by atoms with E-state index in [1.54, 1.807) is 13.2 Å². The van der Waals surface area contributed by atoms with E-state index in [9.17, 15) is 5.11 Å². The van der Waals surface area contributed by atoms with Gasteiger partial charge in [-0.2, -0.15) is 0 Å². The van der Waals surface area contributed by atoms with Gasteiger partial charge in [-0.15, -0.1) is 24.0 Å². The summed E-state index contributed by atoms with van der Waals surface area (Å²) in [6, 6.07) is 13.7. The summed E-state index contributed by atoms with van der Waals surface area (Å²) >= 11 is 0. The van der Waals surface area contributed by atoms with E-state index in [2.05, 4.69) is 39.2 Å². The van der Waals surface area contributed by atoms with E-state index in [1.807, 2.05) is 31.2 Å². The van der Waals surface area contributed by atoms with Crippen molar-refractivity contribution in [2.75, 3.05) is 26.7 Å². The van der Waals surface area contributed by atoms with Gasteiger partial charge in [0.2, 0.25) is 0 Å². The molecule has 0 unspecified atom stereocenters. The molecule has 0 aliphatic rings. The number of para-hydroxylation sites is 2. The molecular formula is C23H32IN5O2. The summed E-state index contributed by atoms with van der Waals surface area (Å²) in [6.45, 7) is 7.28. The van der Waals surface area contributed by atoms with Gasteiger partial charge in [0.1, 0.15) is 5.82 Å². The Morgan fingerprint density at radius 3 is 2.77 bits per heavy atom. The van der Waals surface area contributed by atoms with E-state index in [-0.39, 0.29) is 29.7 Å². The van der Waals surface area contributed by atoms with Crippen LogP contribution in [0, 0.1) is 6.92 Å². The van der Waals surface area contributed by atoms with E-state index in [4.69, 9.17) is 9.73 Å². The van der Waals surface area contributed by atoms with Gasteiger partial charge in [0, 0.05) is 26.2 Å². The average molecular weight is 537 g/mol. The first kappa shape index (κ1) is 24.8. The lowest BCUT2D eigenvalue weighted by atomic mass is 10.1. The van der Waals surface area contributed by atoms with Crippen molar-refractivity contribution in [3.63, 3.8) is 0 Å². The molecule has 0 bridgehead atoms. The fraction of sp³-hybridized carbons (Fsp3) is 0.391. The van der Waals surface area contributed by atoms with E-state index < -0.39 is 0 Å². The summed E-state index contributed by atoms with van der Waals surface area (Å²) in [5.41, 5.74) is 3.31. The van der Waals surface area contributed by atoms with Gasteiger partial charge in [0.25, 0.3) is 0 Å². The molecule has 0 aliphatic heterocycles. The van der Waals surface area contributed by atoms with Crippen LogP contribution in [0.15, 0.2) is 47.5 Å². The number of phenols is 1. The highest BCUT2D eigenvalue weighted by molar-refractivity contribution is 14.0. The Morgan fingerprint density at radius 2 is 2.00 bits per heavy atom. The predicted octanol–water partition coefficient (Wildman–Crippen LogP) is 3.86. The number of halogens is 1. The number of hydrogen-bond acceptors (Lipinski definition) is 4. The molecule has 1 aromatic heterocycles. The number of nitrogens with one attached hydrogen (secondary N) is 2. The molecule has 0 radical (unpaired) electrons. The quantitative estimate of drug-likeness (QED) is 0.167. The molecule has 0 atom stereocenters. The number of rotatable bonds is 9. The van der Waals surface area contributed by atoms with Gasteiger partial charge < -0.3 is 25.0 Å². The first-order chi connectivity index (χ1) is 14.6. The van der Waals surface area contributed by atoms with Crippen molar-refractivity contribution in [2.24, 2.45) is 4.99 Å². The predicted molar refractivity (Wildman–Crippen MR) is 137 cm³/mol. The Morgan fingerprint density at radius 1 is 1.19 bits per heavy atom. The minimum atomic E-state index is 0. The van der Waals surface area contributed by atoms with Crippen LogP contribution in [0.3, 0.4) is 0 Å². The molecule has 7 nitrogen and oxygen atoms in total. The zero-order valence-electron chi connectivity index (χ0n) is 18.4. The largest absolute Gasteiger partial charge is 0.504 e. The molecule has 3 rings (SSSR count). The van der Waals surface area contributed by atoms with Gasteiger partial charge in [0.05, 0.1) is 18.1 Å². The standard InChI is InChI=1S/C23H31N5O2.HI/c1-4-24-23(26-14-12-18-10-11-21(29)22(16-18)30-3)25-13-7-15-28-17(2)27-19-8-5-6-9-20(19)28;/h5-6,8-11,16,29H,4,7,12-15H2,1-3H3,(H2,24,25,26);1H. The summed E-state index contributed by atoms with van der Waals surface area (Å²) in [6.07, 6.45) is 1.74. The van der Waals surface area contributed by atoms with Crippen LogP contribution < -0.4 is 15.4 Å². The molecular weight excluding hydrogens is 505 g/mol. The lowest BCUT2D eigenvalue weighted by molar-refractivity contribution is 0.373. The smallest absolute Gasteiger partial charge is 0.191 e. The molecule has 0 amide bonds. The van der Waals surface area contributed by atoms with E-state index in [0.29, 0.717) is 5.75 Å². The molecule has 0 aliphatic carbocycles. The Bertz CT molecular complexity index is 1000. The SMILES string of the molecule is CCNC(=NCCCn1c(C)nc2ccccc21)NCCc1ccc(O)c(OC)c1.I. The maximum absolute atomic E-state index is 9.71. The van der Waals surface area contributed by atoms with Crippen molar-refractivity contribution >= 4 is 41.0 Å². The molecule has 168 valence electrons. The minimum absolute atomic E-state index is 0. The number of methoxy groups -OCH3 is 1. The van der Waals surface area contributed by atoms with Crippen molar-refractivity contribution in [3.8, 4) is 11.5 Å². The summed E-state index contributed by atoms with van der Waals surface area (Å²) in [5, 5.41) is 16.4. The van der Waals surface area contributed by atoms with Crippen LogP contribution >= 0.6 is 24.0 Å². The average Bonchev–Trinajstić information content (AvgIpc) is 3.07. The maximum Gasteiger partial charge on any atom is 0.191 e. The third-order valence-corrected chi connectivity index (χ3v) is 4.95. The van der Waals surface area contributed by atoms with Crippen LogP contribution in [-0.4, -0.2) is 47.4 Å². The summed E-state index contributed by atoms with van der Waals surface area (Å²) in [4.78, 5) is 9.32. The Hall–Kier alpha value is -2.49. The number of aromatic hydroxyl groups is 1. The fourth-order valence-corrected chi connectivity index (χ4v) is 3.44. The molecule has 0 spiro atoms. The number of aryl methyl sites for hydroxylation is 2. The first-order valence-corrected chi connectivity index (χ1v) is 10.4. The monoisotopic (exact) mass is 537 g/mol. The van der Waals surface area contributed by atoms with Gasteiger partial charge in [-0.05, 0) is 56.5 Å². The van der Waals surface area contributed by atoms with Crippen LogP contribution in [-0.2, 0) is 13.0 Å². The van der Waals surface area contributed by atoms with Crippen LogP contribution in [0.25, 0.3) is 11.0 Å². The number of imidazole rings is 1. The molecule has 3 aromatic rings. The number of guanidine groups is 1. The third-order valence-electron chi connectivity index (χ3n) is 4.95. The topological polar surface area (TPSA) is 83.7 Å². The molecule has 0 saturated heterocycles. The zero-order valence-corrected chi connectivity index (χ0v) is 20.7. The second-order valence-corrected chi connectivity index (χ2v) is 7.10. The lowest BCUT2D eigenvalue weighted by Crippen LogP contribution is -2.38. The van der Waals surface area contributed by atoms with Gasteiger partial charge in [-0.1, -0.05) is 18.2 Å². The molecule has 0 fully saturated rings. The van der Waals surface area contributed by atoms with Crippen LogP contribution in [0.1, 0.15) is 24.7 Å². The summed E-state index contributed by atoms with van der Waals surface area (Å²) in [7, 11) is 1.56. The highest BCUT2D eigenvalue weighted by atomic mass is 127. The molecule has 2 aromatic carbocycles. The number of fused-ring (bicyclic) bond motifs is 1. The number of benzene rings is 2. The van der Waals surface area contributed by atoms with Gasteiger partial charge >= 0.3 is 0 Å². The normalized spacial score (nSPS) is 11.3. The Kier molecular flexibility index (Phi) is 9.90. The van der Waals surface area contributed by atoms with Crippen molar-refractivity contribution < 1.29 is 9.84 Å². The maximum atomic E-state index is 9.71. The number of aromatic nitrogens is 2. The Balaban J connectivity index is 0.00000341. The first-order valence-electron chi connectivity index (χ1n) is 10.4. The zero-order chi connectivity index (χ0) is 21.3. The van der Waals surface area contributed by atoms with Gasteiger partial charge in [-0.3, -0.25) is 4.99 Å². The van der Waals surface area contributed by atoms with Crippen molar-refractivity contribution in [3.05, 3.63) is 53.9 Å². The second-order valence-electron chi connectivity index (χ2n) is 7.10. The number of ether oxygens (including phenoxy) is 1. The highest BCUT2D eigenvalue weighted by Crippen LogP contribution is 2.26. The fourth-order valence-electron chi connectivity index (χ4n) is 3.44.